The predicted molar refractivity (Wildman–Crippen MR) is 69.4 cm³/mol. The first-order valence-electron chi connectivity index (χ1n) is 5.68. The molecule has 1 aromatic carbocycles. The highest BCUT2D eigenvalue weighted by Crippen LogP contribution is 2.26. The van der Waals surface area contributed by atoms with Gasteiger partial charge in [-0.2, -0.15) is 0 Å². The number of carbonyl (C=O) groups is 1. The molecule has 1 rings (SSSR count). The molecule has 4 nitrogen and oxygen atoms in total. The van der Waals surface area contributed by atoms with Crippen LogP contribution in [0.5, 0.6) is 0 Å². The topological polar surface area (TPSA) is 78.3 Å². The van der Waals surface area contributed by atoms with Crippen LogP contribution < -0.4 is 11.5 Å². The molecule has 1 aromatic rings. The number of carbonyl (C=O) groups excluding carboxylic acids is 1. The molecule has 0 unspecified atom stereocenters. The van der Waals surface area contributed by atoms with E-state index in [4.69, 9.17) is 16.2 Å². The maximum atomic E-state index is 11.7. The van der Waals surface area contributed by atoms with Gasteiger partial charge in [-0.1, -0.05) is 6.07 Å². The lowest BCUT2D eigenvalue weighted by Gasteiger charge is -2.22. The van der Waals surface area contributed by atoms with Crippen molar-refractivity contribution in [2.75, 3.05) is 18.1 Å². The molecule has 0 bridgehead atoms. The Bertz CT molecular complexity index is 414. The summed E-state index contributed by atoms with van der Waals surface area (Å²) in [6.45, 7) is 5.91. The molecular weight excluding hydrogens is 216 g/mol. The van der Waals surface area contributed by atoms with Gasteiger partial charge in [0.1, 0.15) is 0 Å². The zero-order chi connectivity index (χ0) is 13.1. The van der Waals surface area contributed by atoms with Crippen molar-refractivity contribution in [1.82, 2.24) is 0 Å². The van der Waals surface area contributed by atoms with Crippen molar-refractivity contribution in [3.63, 3.8) is 0 Å². The Morgan fingerprint density at radius 2 is 1.94 bits per heavy atom. The summed E-state index contributed by atoms with van der Waals surface area (Å²) in [6.07, 6.45) is 0.580. The summed E-state index contributed by atoms with van der Waals surface area (Å²) in [7, 11) is 0. The quantitative estimate of drug-likeness (QED) is 0.619. The molecule has 0 radical (unpaired) electrons. The molecule has 0 aliphatic heterocycles. The highest BCUT2D eigenvalue weighted by molar-refractivity contribution is 5.76. The molecular formula is C13H20N2O2. The maximum absolute atomic E-state index is 11.7. The van der Waals surface area contributed by atoms with E-state index >= 15 is 0 Å². The number of hydrogen-bond acceptors (Lipinski definition) is 4. The minimum Gasteiger partial charge on any atom is -0.466 e. The highest BCUT2D eigenvalue weighted by Gasteiger charge is 2.29. The van der Waals surface area contributed by atoms with Crippen molar-refractivity contribution < 1.29 is 9.53 Å². The molecule has 0 aliphatic rings. The van der Waals surface area contributed by atoms with Gasteiger partial charge in [0.15, 0.2) is 0 Å². The van der Waals surface area contributed by atoms with Gasteiger partial charge in [-0.3, -0.25) is 4.79 Å². The summed E-state index contributed by atoms with van der Waals surface area (Å²) < 4.78 is 5.04. The second kappa shape index (κ2) is 5.08. The van der Waals surface area contributed by atoms with E-state index in [2.05, 4.69) is 0 Å². The van der Waals surface area contributed by atoms with E-state index in [9.17, 15) is 4.79 Å². The van der Waals surface area contributed by atoms with Crippen molar-refractivity contribution >= 4 is 17.3 Å². The Kier molecular flexibility index (Phi) is 3.99. The van der Waals surface area contributed by atoms with Gasteiger partial charge < -0.3 is 16.2 Å². The molecule has 0 aliphatic carbocycles. The number of benzene rings is 1. The number of esters is 1. The molecule has 0 aromatic heterocycles. The monoisotopic (exact) mass is 236 g/mol. The maximum Gasteiger partial charge on any atom is 0.311 e. The van der Waals surface area contributed by atoms with Crippen LogP contribution in [0.3, 0.4) is 0 Å². The van der Waals surface area contributed by atoms with E-state index in [-0.39, 0.29) is 5.97 Å². The first-order valence-corrected chi connectivity index (χ1v) is 5.68. The summed E-state index contributed by atoms with van der Waals surface area (Å²) in [5.41, 5.74) is 12.9. The second-order valence-corrected chi connectivity index (χ2v) is 4.74. The van der Waals surface area contributed by atoms with E-state index in [0.29, 0.717) is 24.4 Å². The summed E-state index contributed by atoms with van der Waals surface area (Å²) in [6, 6.07) is 5.44. The number of rotatable bonds is 4. The summed E-state index contributed by atoms with van der Waals surface area (Å²) in [5.74, 6) is -0.199. The van der Waals surface area contributed by atoms with Gasteiger partial charge in [0.2, 0.25) is 0 Å². The summed E-state index contributed by atoms with van der Waals surface area (Å²) in [5, 5.41) is 0. The van der Waals surface area contributed by atoms with Crippen molar-refractivity contribution in [2.45, 2.75) is 27.2 Å². The van der Waals surface area contributed by atoms with Gasteiger partial charge in [-0.25, -0.2) is 0 Å². The van der Waals surface area contributed by atoms with Crippen LogP contribution in [-0.4, -0.2) is 12.6 Å². The standard InChI is InChI=1S/C13H20N2O2/c1-4-17-12(16)13(2,3)8-9-5-6-10(14)11(15)7-9/h5-7H,4,8,14-15H2,1-3H3. The smallest absolute Gasteiger partial charge is 0.311 e. The molecule has 0 atom stereocenters. The Balaban J connectivity index is 2.82. The van der Waals surface area contributed by atoms with Crippen LogP contribution >= 0.6 is 0 Å². The number of hydrogen-bond donors (Lipinski definition) is 2. The van der Waals surface area contributed by atoms with Crippen LogP contribution in [0.15, 0.2) is 18.2 Å². The van der Waals surface area contributed by atoms with Crippen LogP contribution in [0.1, 0.15) is 26.3 Å². The molecule has 0 saturated heterocycles. The Morgan fingerprint density at radius 1 is 1.29 bits per heavy atom. The number of anilines is 2. The first-order chi connectivity index (χ1) is 7.86. The van der Waals surface area contributed by atoms with Crippen molar-refractivity contribution in [3.05, 3.63) is 23.8 Å². The minimum absolute atomic E-state index is 0.199. The van der Waals surface area contributed by atoms with Crippen LogP contribution in [-0.2, 0) is 16.0 Å². The minimum atomic E-state index is -0.557. The lowest BCUT2D eigenvalue weighted by Crippen LogP contribution is -2.29. The average molecular weight is 236 g/mol. The van der Waals surface area contributed by atoms with Crippen LogP contribution in [0.4, 0.5) is 11.4 Å². The highest BCUT2D eigenvalue weighted by atomic mass is 16.5. The molecule has 4 N–H and O–H groups in total. The molecule has 0 spiro atoms. The Labute approximate surface area is 102 Å². The van der Waals surface area contributed by atoms with Crippen molar-refractivity contribution in [1.29, 1.82) is 0 Å². The predicted octanol–water partition coefficient (Wildman–Crippen LogP) is 1.98. The van der Waals surface area contributed by atoms with E-state index in [0.717, 1.165) is 5.56 Å². The van der Waals surface area contributed by atoms with Gasteiger partial charge >= 0.3 is 5.97 Å². The SMILES string of the molecule is CCOC(=O)C(C)(C)Cc1ccc(N)c(N)c1. The largest absolute Gasteiger partial charge is 0.466 e. The lowest BCUT2D eigenvalue weighted by molar-refractivity contribution is -0.153. The van der Waals surface area contributed by atoms with Crippen molar-refractivity contribution in [2.24, 2.45) is 5.41 Å². The van der Waals surface area contributed by atoms with Crippen LogP contribution in [0.25, 0.3) is 0 Å². The molecule has 0 fully saturated rings. The summed E-state index contributed by atoms with van der Waals surface area (Å²) in [4.78, 5) is 11.7. The molecule has 94 valence electrons. The van der Waals surface area contributed by atoms with Crippen LogP contribution in [0.2, 0.25) is 0 Å². The zero-order valence-electron chi connectivity index (χ0n) is 10.6. The van der Waals surface area contributed by atoms with E-state index in [1.165, 1.54) is 0 Å². The Morgan fingerprint density at radius 3 is 2.47 bits per heavy atom. The van der Waals surface area contributed by atoms with Gasteiger partial charge in [0.25, 0.3) is 0 Å². The first kappa shape index (κ1) is 13.4. The van der Waals surface area contributed by atoms with E-state index < -0.39 is 5.41 Å². The fraction of sp³-hybridized carbons (Fsp3) is 0.462. The van der Waals surface area contributed by atoms with Gasteiger partial charge in [-0.15, -0.1) is 0 Å². The zero-order valence-corrected chi connectivity index (χ0v) is 10.6. The molecule has 4 heteroatoms. The number of ether oxygens (including phenoxy) is 1. The normalized spacial score (nSPS) is 11.2. The van der Waals surface area contributed by atoms with Gasteiger partial charge in [0.05, 0.1) is 23.4 Å². The molecule has 0 amide bonds. The summed E-state index contributed by atoms with van der Waals surface area (Å²) >= 11 is 0. The number of nitrogens with two attached hydrogens (primary N) is 2. The molecule has 0 heterocycles. The van der Waals surface area contributed by atoms with Gasteiger partial charge in [-0.05, 0) is 44.9 Å². The molecule has 0 saturated carbocycles. The third-order valence-electron chi connectivity index (χ3n) is 2.63. The third-order valence-corrected chi connectivity index (χ3v) is 2.63. The van der Waals surface area contributed by atoms with E-state index in [1.54, 1.807) is 19.1 Å². The average Bonchev–Trinajstić information content (AvgIpc) is 2.23. The Hall–Kier alpha value is -1.71. The fourth-order valence-corrected chi connectivity index (χ4v) is 1.64. The fourth-order valence-electron chi connectivity index (χ4n) is 1.64. The third kappa shape index (κ3) is 3.37. The van der Waals surface area contributed by atoms with Crippen molar-refractivity contribution in [3.8, 4) is 0 Å². The second-order valence-electron chi connectivity index (χ2n) is 4.74. The lowest BCUT2D eigenvalue weighted by atomic mass is 9.85. The van der Waals surface area contributed by atoms with Gasteiger partial charge in [0, 0.05) is 0 Å². The van der Waals surface area contributed by atoms with E-state index in [1.807, 2.05) is 19.9 Å². The molecule has 17 heavy (non-hydrogen) atoms. The van der Waals surface area contributed by atoms with Crippen LogP contribution in [0, 0.1) is 5.41 Å². The number of nitrogen functional groups attached to an aromatic ring is 2.